The van der Waals surface area contributed by atoms with Gasteiger partial charge in [0.1, 0.15) is 6.10 Å². The van der Waals surface area contributed by atoms with Gasteiger partial charge in [-0.25, -0.2) is 4.99 Å². The number of amidine groups is 1. The van der Waals surface area contributed by atoms with Crippen LogP contribution in [-0.2, 0) is 4.74 Å². The Labute approximate surface area is 139 Å². The minimum absolute atomic E-state index is 0.168. The maximum Gasteiger partial charge on any atom is 0.288 e. The Morgan fingerprint density at radius 1 is 0.957 bits per heavy atom. The van der Waals surface area contributed by atoms with Crippen molar-refractivity contribution in [3.05, 3.63) is 35.9 Å². The monoisotopic (exact) mass is 312 g/mol. The molecule has 124 valence electrons. The zero-order chi connectivity index (χ0) is 15.5. The largest absolute Gasteiger partial charge is 0.455 e. The zero-order valence-electron chi connectivity index (χ0n) is 14.0. The lowest BCUT2D eigenvalue weighted by atomic mass is 9.89. The molecule has 0 bridgehead atoms. The van der Waals surface area contributed by atoms with E-state index < -0.39 is 0 Å². The molecular formula is C20H28N2O. The van der Waals surface area contributed by atoms with Crippen LogP contribution in [0.2, 0.25) is 0 Å². The first-order chi connectivity index (χ1) is 11.4. The molecule has 3 heteroatoms. The molecule has 0 spiro atoms. The first kappa shape index (κ1) is 15.0. The Hall–Kier alpha value is -1.51. The molecule has 4 rings (SSSR count). The van der Waals surface area contributed by atoms with Crippen LogP contribution in [0, 0.1) is 5.92 Å². The van der Waals surface area contributed by atoms with Gasteiger partial charge in [-0.3, -0.25) is 0 Å². The molecule has 2 unspecified atom stereocenters. The number of fused-ring (bicyclic) bond motifs is 1. The van der Waals surface area contributed by atoms with Crippen LogP contribution in [0.4, 0.5) is 0 Å². The highest BCUT2D eigenvalue weighted by Gasteiger charge is 2.42. The Morgan fingerprint density at radius 2 is 1.74 bits per heavy atom. The lowest BCUT2D eigenvalue weighted by molar-refractivity contribution is 0.168. The summed E-state index contributed by atoms with van der Waals surface area (Å²) in [6.07, 6.45) is 10.8. The van der Waals surface area contributed by atoms with E-state index in [1.807, 2.05) is 0 Å². The number of nitrogens with zero attached hydrogens (tertiary/aromatic N) is 2. The number of aliphatic imine (C=N–C) groups is 1. The number of hydrogen-bond donors (Lipinski definition) is 0. The third-order valence-corrected chi connectivity index (χ3v) is 5.71. The van der Waals surface area contributed by atoms with Crippen molar-refractivity contribution in [2.45, 2.75) is 63.5 Å². The third kappa shape index (κ3) is 3.24. The summed E-state index contributed by atoms with van der Waals surface area (Å²) in [4.78, 5) is 7.38. The minimum atomic E-state index is 0.168. The molecule has 23 heavy (non-hydrogen) atoms. The smallest absolute Gasteiger partial charge is 0.288 e. The molecule has 0 radical (unpaired) electrons. The van der Waals surface area contributed by atoms with Gasteiger partial charge in [0.25, 0.3) is 6.02 Å². The molecular weight excluding hydrogens is 284 g/mol. The highest BCUT2D eigenvalue weighted by molar-refractivity contribution is 5.77. The lowest BCUT2D eigenvalue weighted by Gasteiger charge is -2.30. The van der Waals surface area contributed by atoms with E-state index in [4.69, 9.17) is 9.73 Å². The van der Waals surface area contributed by atoms with Crippen LogP contribution in [0.25, 0.3) is 0 Å². The summed E-state index contributed by atoms with van der Waals surface area (Å²) in [6.45, 7) is 2.07. The molecule has 1 saturated carbocycles. The van der Waals surface area contributed by atoms with Gasteiger partial charge in [-0.2, -0.15) is 0 Å². The predicted molar refractivity (Wildman–Crippen MR) is 93.5 cm³/mol. The topological polar surface area (TPSA) is 24.8 Å². The van der Waals surface area contributed by atoms with Gasteiger partial charge in [0.05, 0.1) is 6.04 Å². The first-order valence-corrected chi connectivity index (χ1v) is 9.44. The molecule has 1 aliphatic carbocycles. The molecule has 2 saturated heterocycles. The molecule has 0 aromatic heterocycles. The lowest BCUT2D eigenvalue weighted by Crippen LogP contribution is -2.39. The van der Waals surface area contributed by atoms with Crippen molar-refractivity contribution < 1.29 is 4.74 Å². The minimum Gasteiger partial charge on any atom is -0.455 e. The van der Waals surface area contributed by atoms with Crippen molar-refractivity contribution in [1.82, 2.24) is 4.90 Å². The fourth-order valence-electron chi connectivity index (χ4n) is 4.41. The molecule has 3 aliphatic rings. The van der Waals surface area contributed by atoms with Gasteiger partial charge in [-0.1, -0.05) is 49.6 Å². The maximum absolute atomic E-state index is 6.36. The van der Waals surface area contributed by atoms with Crippen LogP contribution >= 0.6 is 0 Å². The van der Waals surface area contributed by atoms with Crippen LogP contribution in [-0.4, -0.2) is 30.1 Å². The Kier molecular flexibility index (Phi) is 4.54. The second-order valence-corrected chi connectivity index (χ2v) is 7.33. The average molecular weight is 312 g/mol. The van der Waals surface area contributed by atoms with Gasteiger partial charge in [0, 0.05) is 13.1 Å². The summed E-state index contributed by atoms with van der Waals surface area (Å²) in [5, 5.41) is 0. The van der Waals surface area contributed by atoms with E-state index in [-0.39, 0.29) is 6.10 Å². The van der Waals surface area contributed by atoms with Crippen LogP contribution < -0.4 is 0 Å². The normalized spacial score (nSPS) is 30.3. The second kappa shape index (κ2) is 6.94. The standard InChI is InChI=1S/C20H28N2O/c1-3-9-16(10-4-1)15-21-20-22-14-8-7-13-18(22)19(23-20)17-11-5-2-6-12-17/h2,5-6,11-12,16,18-19H,1,3-4,7-10,13-15H2. The summed E-state index contributed by atoms with van der Waals surface area (Å²) >= 11 is 0. The van der Waals surface area contributed by atoms with Gasteiger partial charge in [-0.15, -0.1) is 0 Å². The van der Waals surface area contributed by atoms with E-state index in [0.29, 0.717) is 6.04 Å². The molecule has 3 nitrogen and oxygen atoms in total. The predicted octanol–water partition coefficient (Wildman–Crippen LogP) is 4.55. The first-order valence-electron chi connectivity index (χ1n) is 9.44. The van der Waals surface area contributed by atoms with Crippen LogP contribution in [0.3, 0.4) is 0 Å². The van der Waals surface area contributed by atoms with Gasteiger partial charge >= 0.3 is 0 Å². The third-order valence-electron chi connectivity index (χ3n) is 5.71. The average Bonchev–Trinajstić information content (AvgIpc) is 3.01. The quantitative estimate of drug-likeness (QED) is 0.818. The molecule has 2 heterocycles. The van der Waals surface area contributed by atoms with Gasteiger partial charge in [0.15, 0.2) is 0 Å². The highest BCUT2D eigenvalue weighted by Crippen LogP contribution is 2.38. The summed E-state index contributed by atoms with van der Waals surface area (Å²) in [5.41, 5.74) is 1.30. The fraction of sp³-hybridized carbons (Fsp3) is 0.650. The van der Waals surface area contributed by atoms with Crippen LogP contribution in [0.15, 0.2) is 35.3 Å². The van der Waals surface area contributed by atoms with Crippen LogP contribution in [0.1, 0.15) is 63.0 Å². The summed E-state index contributed by atoms with van der Waals surface area (Å²) in [7, 11) is 0. The molecule has 2 aliphatic heterocycles. The SMILES string of the molecule is c1ccc(C2OC(=NCC3CCCCC3)N3CCCCC23)cc1. The van der Waals surface area contributed by atoms with E-state index in [9.17, 15) is 0 Å². The van der Waals surface area contributed by atoms with Crippen molar-refractivity contribution in [3.8, 4) is 0 Å². The van der Waals surface area contributed by atoms with E-state index in [1.165, 1.54) is 56.9 Å². The Balaban J connectivity index is 1.50. The molecule has 1 aromatic carbocycles. The summed E-state index contributed by atoms with van der Waals surface area (Å²) in [6, 6.07) is 12.1. The Morgan fingerprint density at radius 3 is 2.57 bits per heavy atom. The van der Waals surface area contributed by atoms with E-state index in [0.717, 1.165) is 25.0 Å². The Bertz CT molecular complexity index is 536. The van der Waals surface area contributed by atoms with Crippen molar-refractivity contribution in [1.29, 1.82) is 0 Å². The van der Waals surface area contributed by atoms with Crippen molar-refractivity contribution in [3.63, 3.8) is 0 Å². The van der Waals surface area contributed by atoms with E-state index >= 15 is 0 Å². The zero-order valence-corrected chi connectivity index (χ0v) is 14.0. The number of hydrogen-bond acceptors (Lipinski definition) is 2. The van der Waals surface area contributed by atoms with Gasteiger partial charge < -0.3 is 9.64 Å². The van der Waals surface area contributed by atoms with Crippen molar-refractivity contribution in [2.75, 3.05) is 13.1 Å². The van der Waals surface area contributed by atoms with E-state index in [1.54, 1.807) is 0 Å². The number of benzene rings is 1. The number of piperidine rings is 1. The maximum atomic E-state index is 6.36. The molecule has 2 atom stereocenters. The molecule has 1 aromatic rings. The van der Waals surface area contributed by atoms with Crippen LogP contribution in [0.5, 0.6) is 0 Å². The summed E-state index contributed by atoms with van der Waals surface area (Å²) < 4.78 is 6.36. The van der Waals surface area contributed by atoms with Gasteiger partial charge in [0.2, 0.25) is 0 Å². The molecule has 0 amide bonds. The highest BCUT2D eigenvalue weighted by atomic mass is 16.5. The molecule has 3 fully saturated rings. The number of ether oxygens (including phenoxy) is 1. The van der Waals surface area contributed by atoms with Crippen molar-refractivity contribution in [2.24, 2.45) is 10.9 Å². The fourth-order valence-corrected chi connectivity index (χ4v) is 4.41. The second-order valence-electron chi connectivity index (χ2n) is 7.33. The molecule has 0 N–H and O–H groups in total. The van der Waals surface area contributed by atoms with Gasteiger partial charge in [-0.05, 0) is 43.6 Å². The number of rotatable bonds is 3. The summed E-state index contributed by atoms with van der Waals surface area (Å²) in [5.74, 6) is 0.777. The van der Waals surface area contributed by atoms with E-state index in [2.05, 4.69) is 35.2 Å². The van der Waals surface area contributed by atoms with Crippen molar-refractivity contribution >= 4 is 6.02 Å².